The highest BCUT2D eigenvalue weighted by molar-refractivity contribution is 9.10. The molecular formula is C19H19BrFNO2. The zero-order valence-corrected chi connectivity index (χ0v) is 15.2. The molecule has 0 aromatic heterocycles. The van der Waals surface area contributed by atoms with Crippen molar-refractivity contribution in [3.05, 3.63) is 62.9 Å². The molecule has 1 N–H and O–H groups in total. The second-order valence-electron chi connectivity index (χ2n) is 6.04. The second-order valence-corrected chi connectivity index (χ2v) is 6.83. The van der Waals surface area contributed by atoms with Crippen LogP contribution < -0.4 is 10.1 Å². The largest absolute Gasteiger partial charge is 0.497 e. The third-order valence-electron chi connectivity index (χ3n) is 4.48. The minimum atomic E-state index is -0.522. The van der Waals surface area contributed by atoms with Crippen LogP contribution in [0.25, 0.3) is 0 Å². The molecule has 3 rings (SSSR count). The summed E-state index contributed by atoms with van der Waals surface area (Å²) in [7, 11) is 1.62. The van der Waals surface area contributed by atoms with E-state index in [0.29, 0.717) is 4.47 Å². The number of amides is 1. The van der Waals surface area contributed by atoms with Crippen molar-refractivity contribution in [3.8, 4) is 5.75 Å². The van der Waals surface area contributed by atoms with Crippen LogP contribution in [0.1, 0.15) is 45.9 Å². The van der Waals surface area contributed by atoms with Gasteiger partial charge in [0.15, 0.2) is 0 Å². The van der Waals surface area contributed by atoms with Gasteiger partial charge in [-0.3, -0.25) is 4.79 Å². The van der Waals surface area contributed by atoms with Gasteiger partial charge in [0.2, 0.25) is 0 Å². The van der Waals surface area contributed by atoms with E-state index in [1.807, 2.05) is 25.1 Å². The minimum Gasteiger partial charge on any atom is -0.497 e. The van der Waals surface area contributed by atoms with Gasteiger partial charge in [0.1, 0.15) is 11.6 Å². The summed E-state index contributed by atoms with van der Waals surface area (Å²) in [5.41, 5.74) is 3.14. The van der Waals surface area contributed by atoms with E-state index in [2.05, 4.69) is 21.2 Å². The molecule has 0 radical (unpaired) electrons. The number of benzene rings is 2. The number of ether oxygens (including phenoxy) is 1. The van der Waals surface area contributed by atoms with Crippen LogP contribution in [0.2, 0.25) is 0 Å². The van der Waals surface area contributed by atoms with Gasteiger partial charge < -0.3 is 10.1 Å². The molecule has 0 saturated heterocycles. The zero-order valence-electron chi connectivity index (χ0n) is 13.7. The molecule has 0 aliphatic heterocycles. The van der Waals surface area contributed by atoms with E-state index in [-0.39, 0.29) is 11.6 Å². The molecule has 2 aromatic carbocycles. The molecule has 1 atom stereocenters. The molecular weight excluding hydrogens is 373 g/mol. The fraction of sp³-hybridized carbons (Fsp3) is 0.316. The third-order valence-corrected chi connectivity index (χ3v) is 5.51. The van der Waals surface area contributed by atoms with Crippen molar-refractivity contribution in [2.75, 3.05) is 7.11 Å². The van der Waals surface area contributed by atoms with Gasteiger partial charge in [-0.05, 0) is 77.0 Å². The lowest BCUT2D eigenvalue weighted by Crippen LogP contribution is -2.32. The molecule has 1 amide bonds. The number of hydrogen-bond donors (Lipinski definition) is 1. The highest BCUT2D eigenvalue weighted by Crippen LogP contribution is 2.33. The SMILES string of the molecule is COc1ccc2c(c1)[C@@H](NC(=O)c1c(F)ccc(C)c1Br)CCC2. The summed E-state index contributed by atoms with van der Waals surface area (Å²) >= 11 is 3.33. The van der Waals surface area contributed by atoms with E-state index in [0.717, 1.165) is 36.1 Å². The summed E-state index contributed by atoms with van der Waals surface area (Å²) in [6.07, 6.45) is 2.80. The summed E-state index contributed by atoms with van der Waals surface area (Å²) < 4.78 is 19.9. The number of halogens is 2. The lowest BCUT2D eigenvalue weighted by atomic mass is 9.87. The van der Waals surface area contributed by atoms with E-state index in [9.17, 15) is 9.18 Å². The Kier molecular flexibility index (Phi) is 4.90. The molecule has 5 heteroatoms. The first kappa shape index (κ1) is 17.0. The molecule has 0 heterocycles. The number of carbonyl (C=O) groups is 1. The Bertz CT molecular complexity index is 791. The normalized spacial score (nSPS) is 16.4. The number of nitrogens with one attached hydrogen (secondary N) is 1. The first-order chi connectivity index (χ1) is 11.5. The Hall–Kier alpha value is -1.88. The van der Waals surface area contributed by atoms with Crippen molar-refractivity contribution >= 4 is 21.8 Å². The van der Waals surface area contributed by atoms with Crippen molar-refractivity contribution in [2.45, 2.75) is 32.2 Å². The predicted octanol–water partition coefficient (Wildman–Crippen LogP) is 4.71. The molecule has 0 bridgehead atoms. The van der Waals surface area contributed by atoms with Gasteiger partial charge in [-0.25, -0.2) is 4.39 Å². The lowest BCUT2D eigenvalue weighted by Gasteiger charge is -2.27. The minimum absolute atomic E-state index is 0.0602. The van der Waals surface area contributed by atoms with E-state index in [4.69, 9.17) is 4.74 Å². The maximum Gasteiger partial charge on any atom is 0.255 e. The highest BCUT2D eigenvalue weighted by atomic mass is 79.9. The summed E-state index contributed by atoms with van der Waals surface area (Å²) in [6, 6.07) is 8.77. The lowest BCUT2D eigenvalue weighted by molar-refractivity contribution is 0.0927. The van der Waals surface area contributed by atoms with Crippen LogP contribution in [0.5, 0.6) is 5.75 Å². The van der Waals surface area contributed by atoms with Crippen molar-refractivity contribution in [1.29, 1.82) is 0 Å². The van der Waals surface area contributed by atoms with Crippen molar-refractivity contribution in [1.82, 2.24) is 5.32 Å². The van der Waals surface area contributed by atoms with E-state index in [1.165, 1.54) is 11.6 Å². The molecule has 1 aliphatic rings. The number of hydrogen-bond acceptors (Lipinski definition) is 2. The number of carbonyl (C=O) groups excluding carboxylic acids is 1. The molecule has 0 spiro atoms. The first-order valence-corrected chi connectivity index (χ1v) is 8.73. The van der Waals surface area contributed by atoms with Gasteiger partial charge in [0, 0.05) is 4.47 Å². The second kappa shape index (κ2) is 6.93. The summed E-state index contributed by atoms with van der Waals surface area (Å²) in [5.74, 6) is -0.159. The number of methoxy groups -OCH3 is 1. The van der Waals surface area contributed by atoms with E-state index in [1.54, 1.807) is 13.2 Å². The maximum atomic E-state index is 14.1. The van der Waals surface area contributed by atoms with Crippen molar-refractivity contribution in [3.63, 3.8) is 0 Å². The molecule has 0 saturated carbocycles. The molecule has 0 fully saturated rings. The molecule has 1 aliphatic carbocycles. The van der Waals surface area contributed by atoms with Gasteiger partial charge in [-0.15, -0.1) is 0 Å². The fourth-order valence-corrected chi connectivity index (χ4v) is 3.65. The van der Waals surface area contributed by atoms with E-state index >= 15 is 0 Å². The molecule has 24 heavy (non-hydrogen) atoms. The zero-order chi connectivity index (χ0) is 17.3. The van der Waals surface area contributed by atoms with Gasteiger partial charge in [0.25, 0.3) is 5.91 Å². The Labute approximate surface area is 149 Å². The topological polar surface area (TPSA) is 38.3 Å². The summed E-state index contributed by atoms with van der Waals surface area (Å²) in [5, 5.41) is 2.99. The van der Waals surface area contributed by atoms with Gasteiger partial charge >= 0.3 is 0 Å². The Morgan fingerprint density at radius 1 is 1.33 bits per heavy atom. The maximum absolute atomic E-state index is 14.1. The summed E-state index contributed by atoms with van der Waals surface area (Å²) in [6.45, 7) is 1.83. The quantitative estimate of drug-likeness (QED) is 0.822. The number of rotatable bonds is 3. The van der Waals surface area contributed by atoms with Gasteiger partial charge in [-0.1, -0.05) is 12.1 Å². The molecule has 3 nitrogen and oxygen atoms in total. The number of aryl methyl sites for hydroxylation is 2. The van der Waals surface area contributed by atoms with E-state index < -0.39 is 11.7 Å². The van der Waals surface area contributed by atoms with Crippen LogP contribution in [0, 0.1) is 12.7 Å². The van der Waals surface area contributed by atoms with Crippen LogP contribution in [0.15, 0.2) is 34.8 Å². The number of fused-ring (bicyclic) bond motifs is 1. The van der Waals surface area contributed by atoms with Crippen LogP contribution in [-0.4, -0.2) is 13.0 Å². The van der Waals surface area contributed by atoms with Gasteiger partial charge in [-0.2, -0.15) is 0 Å². The standard InChI is InChI=1S/C19H19BrFNO2/c1-11-6-9-15(21)17(18(11)20)19(23)22-16-5-3-4-12-7-8-13(24-2)10-14(12)16/h6-10,16H,3-5H2,1-2H3,(H,22,23)/t16-/m0/s1. The van der Waals surface area contributed by atoms with Gasteiger partial charge in [0.05, 0.1) is 18.7 Å². The highest BCUT2D eigenvalue weighted by Gasteiger charge is 2.25. The average molecular weight is 392 g/mol. The smallest absolute Gasteiger partial charge is 0.255 e. The summed E-state index contributed by atoms with van der Waals surface area (Å²) in [4.78, 5) is 12.7. The van der Waals surface area contributed by atoms with Crippen LogP contribution in [0.4, 0.5) is 4.39 Å². The first-order valence-electron chi connectivity index (χ1n) is 7.93. The fourth-order valence-electron chi connectivity index (χ4n) is 3.15. The molecule has 2 aromatic rings. The van der Waals surface area contributed by atoms with Crippen LogP contribution >= 0.6 is 15.9 Å². The Morgan fingerprint density at radius 2 is 2.12 bits per heavy atom. The van der Waals surface area contributed by atoms with Crippen molar-refractivity contribution < 1.29 is 13.9 Å². The van der Waals surface area contributed by atoms with Crippen LogP contribution in [-0.2, 0) is 6.42 Å². The Morgan fingerprint density at radius 3 is 2.88 bits per heavy atom. The van der Waals surface area contributed by atoms with Crippen molar-refractivity contribution in [2.24, 2.45) is 0 Å². The molecule has 126 valence electrons. The molecule has 0 unspecified atom stereocenters. The third kappa shape index (κ3) is 3.18. The van der Waals surface area contributed by atoms with Crippen LogP contribution in [0.3, 0.4) is 0 Å². The monoisotopic (exact) mass is 391 g/mol. The predicted molar refractivity (Wildman–Crippen MR) is 95.0 cm³/mol. The Balaban J connectivity index is 1.91. The average Bonchev–Trinajstić information content (AvgIpc) is 2.58.